The molecule has 0 saturated carbocycles. The molecular weight excluding hydrogens is 372 g/mol. The quantitative estimate of drug-likeness (QED) is 0.728. The Labute approximate surface area is 170 Å². The van der Waals surface area contributed by atoms with E-state index < -0.39 is 5.60 Å². The molecule has 0 bridgehead atoms. The van der Waals surface area contributed by atoms with Crippen molar-refractivity contribution in [2.75, 3.05) is 20.8 Å². The van der Waals surface area contributed by atoms with Crippen molar-refractivity contribution in [3.63, 3.8) is 0 Å². The van der Waals surface area contributed by atoms with Gasteiger partial charge in [-0.1, -0.05) is 6.07 Å². The van der Waals surface area contributed by atoms with Crippen LogP contribution in [0.3, 0.4) is 0 Å². The maximum Gasteiger partial charge on any atom is 0.256 e. The Hall–Kier alpha value is -3.00. The highest BCUT2D eigenvalue weighted by Gasteiger charge is 2.31. The van der Waals surface area contributed by atoms with Crippen LogP contribution in [0.25, 0.3) is 0 Å². The van der Waals surface area contributed by atoms with Crippen LogP contribution >= 0.6 is 0 Å². The van der Waals surface area contributed by atoms with Crippen LogP contribution in [0, 0.1) is 0 Å². The maximum absolute atomic E-state index is 12.8. The van der Waals surface area contributed by atoms with Crippen LogP contribution in [-0.2, 0) is 29.0 Å². The SMILES string of the molecule is COc1nc2c(cc1CNC(=O)C(C)(C)OC)C(=O)N(CCc1ccccn1)C2. The van der Waals surface area contributed by atoms with Crippen molar-refractivity contribution in [1.82, 2.24) is 20.2 Å². The summed E-state index contributed by atoms with van der Waals surface area (Å²) in [6.45, 7) is 4.55. The van der Waals surface area contributed by atoms with Crippen LogP contribution in [0.5, 0.6) is 5.88 Å². The lowest BCUT2D eigenvalue weighted by Crippen LogP contribution is -2.43. The van der Waals surface area contributed by atoms with Crippen LogP contribution < -0.4 is 10.1 Å². The van der Waals surface area contributed by atoms with Crippen molar-refractivity contribution in [2.45, 2.75) is 39.0 Å². The first-order valence-electron chi connectivity index (χ1n) is 9.45. The zero-order valence-electron chi connectivity index (χ0n) is 17.2. The van der Waals surface area contributed by atoms with E-state index in [-0.39, 0.29) is 18.4 Å². The van der Waals surface area contributed by atoms with E-state index in [1.54, 1.807) is 31.0 Å². The smallest absolute Gasteiger partial charge is 0.256 e. The van der Waals surface area contributed by atoms with Gasteiger partial charge in [0.05, 0.1) is 24.9 Å². The number of aromatic nitrogens is 2. The molecule has 8 heteroatoms. The highest BCUT2D eigenvalue weighted by Crippen LogP contribution is 2.27. The van der Waals surface area contributed by atoms with E-state index in [0.717, 1.165) is 5.69 Å². The summed E-state index contributed by atoms with van der Waals surface area (Å²) in [5.74, 6) is 0.0698. The van der Waals surface area contributed by atoms with Gasteiger partial charge in [0.15, 0.2) is 0 Å². The predicted molar refractivity (Wildman–Crippen MR) is 106 cm³/mol. The van der Waals surface area contributed by atoms with Gasteiger partial charge >= 0.3 is 0 Å². The van der Waals surface area contributed by atoms with Crippen molar-refractivity contribution in [2.24, 2.45) is 0 Å². The molecule has 0 atom stereocenters. The summed E-state index contributed by atoms with van der Waals surface area (Å²) >= 11 is 0. The van der Waals surface area contributed by atoms with Gasteiger partial charge in [0.2, 0.25) is 5.88 Å². The molecule has 1 N–H and O–H groups in total. The molecule has 0 aromatic carbocycles. The Morgan fingerprint density at radius 3 is 2.76 bits per heavy atom. The Morgan fingerprint density at radius 2 is 2.10 bits per heavy atom. The molecule has 0 saturated heterocycles. The number of amides is 2. The summed E-state index contributed by atoms with van der Waals surface area (Å²) in [6, 6.07) is 7.49. The van der Waals surface area contributed by atoms with Crippen LogP contribution in [0.1, 0.15) is 41.2 Å². The summed E-state index contributed by atoms with van der Waals surface area (Å²) < 4.78 is 10.6. The standard InChI is InChI=1S/C21H26N4O4/c1-21(2,29-4)20(27)23-12-14-11-16-17(24-18(14)28-3)13-25(19(16)26)10-8-15-7-5-6-9-22-15/h5-7,9,11H,8,10,12-13H2,1-4H3,(H,23,27). The van der Waals surface area contributed by atoms with Gasteiger partial charge in [0.1, 0.15) is 5.60 Å². The number of methoxy groups -OCH3 is 2. The van der Waals surface area contributed by atoms with E-state index in [1.165, 1.54) is 14.2 Å². The zero-order chi connectivity index (χ0) is 21.0. The third-order valence-corrected chi connectivity index (χ3v) is 5.05. The van der Waals surface area contributed by atoms with Crippen LogP contribution in [0.2, 0.25) is 0 Å². The first-order chi connectivity index (χ1) is 13.9. The fraction of sp³-hybridized carbons (Fsp3) is 0.429. The van der Waals surface area contributed by atoms with Gasteiger partial charge in [-0.2, -0.15) is 0 Å². The average Bonchev–Trinajstić information content (AvgIpc) is 3.05. The molecule has 1 aliphatic rings. The van der Waals surface area contributed by atoms with Crippen molar-refractivity contribution >= 4 is 11.8 Å². The molecule has 8 nitrogen and oxygen atoms in total. The summed E-state index contributed by atoms with van der Waals surface area (Å²) in [4.78, 5) is 35.6. The molecule has 0 unspecified atom stereocenters. The number of pyridine rings is 2. The first-order valence-corrected chi connectivity index (χ1v) is 9.45. The molecule has 0 spiro atoms. The van der Waals surface area contributed by atoms with Gasteiger partial charge < -0.3 is 19.7 Å². The normalized spacial score (nSPS) is 13.4. The lowest BCUT2D eigenvalue weighted by atomic mass is 10.1. The number of hydrogen-bond acceptors (Lipinski definition) is 6. The summed E-state index contributed by atoms with van der Waals surface area (Å²) in [5, 5.41) is 2.81. The Morgan fingerprint density at radius 1 is 1.31 bits per heavy atom. The minimum atomic E-state index is -0.949. The molecule has 2 aromatic rings. The third kappa shape index (κ3) is 4.54. The molecule has 2 aromatic heterocycles. The number of ether oxygens (including phenoxy) is 2. The molecule has 2 amide bonds. The average molecular weight is 398 g/mol. The number of carbonyl (C=O) groups excluding carboxylic acids is 2. The van der Waals surface area contributed by atoms with E-state index >= 15 is 0 Å². The molecule has 1 aliphatic heterocycles. The number of fused-ring (bicyclic) bond motifs is 1. The van der Waals surface area contributed by atoms with Crippen molar-refractivity contribution in [3.05, 3.63) is 53.0 Å². The molecular formula is C21H26N4O4. The maximum atomic E-state index is 12.8. The summed E-state index contributed by atoms with van der Waals surface area (Å²) in [5.41, 5.74) is 1.86. The molecule has 3 rings (SSSR count). The van der Waals surface area contributed by atoms with Gasteiger partial charge in [-0.05, 0) is 32.0 Å². The lowest BCUT2D eigenvalue weighted by molar-refractivity contribution is -0.139. The summed E-state index contributed by atoms with van der Waals surface area (Å²) in [7, 11) is 3.00. The minimum absolute atomic E-state index is 0.0733. The lowest BCUT2D eigenvalue weighted by Gasteiger charge is -2.22. The van der Waals surface area contributed by atoms with Crippen LogP contribution in [-0.4, -0.2) is 53.0 Å². The molecule has 154 valence electrons. The topological polar surface area (TPSA) is 93.7 Å². The zero-order valence-corrected chi connectivity index (χ0v) is 17.2. The number of nitrogens with zero attached hydrogens (tertiary/aromatic N) is 3. The highest BCUT2D eigenvalue weighted by molar-refractivity contribution is 5.98. The molecule has 0 fully saturated rings. The second-order valence-corrected chi connectivity index (χ2v) is 7.35. The highest BCUT2D eigenvalue weighted by atomic mass is 16.5. The minimum Gasteiger partial charge on any atom is -0.481 e. The number of rotatable bonds is 8. The van der Waals surface area contributed by atoms with Gasteiger partial charge in [-0.3, -0.25) is 14.6 Å². The molecule has 29 heavy (non-hydrogen) atoms. The van der Waals surface area contributed by atoms with Crippen LogP contribution in [0.4, 0.5) is 0 Å². The summed E-state index contributed by atoms with van der Waals surface area (Å²) in [6.07, 6.45) is 2.42. The van der Waals surface area contributed by atoms with Crippen LogP contribution in [0.15, 0.2) is 30.5 Å². The fourth-order valence-corrected chi connectivity index (χ4v) is 3.06. The van der Waals surface area contributed by atoms with Gasteiger partial charge in [-0.15, -0.1) is 0 Å². The fourth-order valence-electron chi connectivity index (χ4n) is 3.06. The second kappa shape index (κ2) is 8.57. The van der Waals surface area contributed by atoms with Gasteiger partial charge in [0.25, 0.3) is 11.8 Å². The predicted octanol–water partition coefficient (Wildman–Crippen LogP) is 1.72. The number of nitrogens with one attached hydrogen (secondary N) is 1. The van der Waals surface area contributed by atoms with Gasteiger partial charge in [-0.25, -0.2) is 4.98 Å². The van der Waals surface area contributed by atoms with E-state index in [2.05, 4.69) is 15.3 Å². The third-order valence-electron chi connectivity index (χ3n) is 5.05. The number of hydrogen-bond donors (Lipinski definition) is 1. The molecule has 0 aliphatic carbocycles. The Bertz CT molecular complexity index is 899. The molecule has 0 radical (unpaired) electrons. The Balaban J connectivity index is 1.72. The van der Waals surface area contributed by atoms with E-state index in [0.29, 0.717) is 42.2 Å². The second-order valence-electron chi connectivity index (χ2n) is 7.35. The largest absolute Gasteiger partial charge is 0.481 e. The van der Waals surface area contributed by atoms with Crippen molar-refractivity contribution in [1.29, 1.82) is 0 Å². The molecule has 3 heterocycles. The van der Waals surface area contributed by atoms with Crippen molar-refractivity contribution < 1.29 is 19.1 Å². The van der Waals surface area contributed by atoms with E-state index in [9.17, 15) is 9.59 Å². The monoisotopic (exact) mass is 398 g/mol. The van der Waals surface area contributed by atoms with Crippen molar-refractivity contribution in [3.8, 4) is 5.88 Å². The van der Waals surface area contributed by atoms with E-state index in [4.69, 9.17) is 9.47 Å². The first kappa shape index (κ1) is 20.7. The van der Waals surface area contributed by atoms with E-state index in [1.807, 2.05) is 18.2 Å². The van der Waals surface area contributed by atoms with Gasteiger partial charge in [0, 0.05) is 44.1 Å². The Kier molecular flexibility index (Phi) is 6.12. The number of carbonyl (C=O) groups is 2.